The van der Waals surface area contributed by atoms with Gasteiger partial charge in [0.05, 0.1) is 17.9 Å². The van der Waals surface area contributed by atoms with Crippen molar-refractivity contribution in [1.82, 2.24) is 5.01 Å². The fraction of sp³-hybridized carbons (Fsp3) is 0.371. The van der Waals surface area contributed by atoms with Crippen LogP contribution in [-0.2, 0) is 32.1 Å². The van der Waals surface area contributed by atoms with Crippen molar-refractivity contribution in [3.63, 3.8) is 0 Å². The Morgan fingerprint density at radius 2 is 1.74 bits per heavy atom. The Labute approximate surface area is 251 Å². The van der Waals surface area contributed by atoms with E-state index in [-0.39, 0.29) is 30.3 Å². The van der Waals surface area contributed by atoms with Gasteiger partial charge in [-0.15, -0.1) is 5.10 Å². The largest absolute Gasteiger partial charge is 0.481 e. The van der Waals surface area contributed by atoms with Crippen LogP contribution in [0.3, 0.4) is 0 Å². The van der Waals surface area contributed by atoms with Crippen molar-refractivity contribution in [3.05, 3.63) is 101 Å². The summed E-state index contributed by atoms with van der Waals surface area (Å²) >= 11 is 0. The number of amides is 2. The molecule has 2 N–H and O–H groups in total. The van der Waals surface area contributed by atoms with E-state index in [4.69, 9.17) is 4.74 Å². The van der Waals surface area contributed by atoms with E-state index in [2.05, 4.69) is 10.4 Å². The van der Waals surface area contributed by atoms with Crippen LogP contribution in [0.1, 0.15) is 72.3 Å². The summed E-state index contributed by atoms with van der Waals surface area (Å²) in [5.41, 5.74) is 4.64. The standard InChI is InChI=1S/C35H37N3O5/c1-23-28(20-35(18-19-35)34(41)42)12-7-13-29(23)36-32(40)31(25-8-5-6-9-25)26-16-14-24(15-17-26)21-38-30(39)22-43-33(37-38)27-10-3-2-4-11-27/h2-4,7,10-17,25,31H,5-6,8-9,18-22H2,1H3,(H,36,40)(H,41,42)/t31-/m0/s1. The van der Waals surface area contributed by atoms with Gasteiger partial charge < -0.3 is 15.2 Å². The number of benzene rings is 3. The monoisotopic (exact) mass is 579 g/mol. The molecule has 1 aliphatic heterocycles. The molecule has 1 atom stereocenters. The summed E-state index contributed by atoms with van der Waals surface area (Å²) in [6, 6.07) is 23.2. The van der Waals surface area contributed by atoms with Crippen LogP contribution in [0.15, 0.2) is 77.9 Å². The first-order valence-corrected chi connectivity index (χ1v) is 15.1. The zero-order chi connectivity index (χ0) is 30.0. The Morgan fingerprint density at radius 1 is 1.02 bits per heavy atom. The second-order valence-corrected chi connectivity index (χ2v) is 12.1. The van der Waals surface area contributed by atoms with E-state index in [0.717, 1.165) is 59.2 Å². The number of nitrogens with one attached hydrogen (secondary N) is 1. The van der Waals surface area contributed by atoms with Crippen LogP contribution in [0.2, 0.25) is 0 Å². The Bertz CT molecular complexity index is 1540. The molecule has 2 saturated carbocycles. The zero-order valence-electron chi connectivity index (χ0n) is 24.4. The van der Waals surface area contributed by atoms with E-state index in [9.17, 15) is 19.5 Å². The number of hydrogen-bond donors (Lipinski definition) is 2. The zero-order valence-corrected chi connectivity index (χ0v) is 24.4. The Morgan fingerprint density at radius 3 is 2.42 bits per heavy atom. The van der Waals surface area contributed by atoms with E-state index < -0.39 is 11.4 Å². The van der Waals surface area contributed by atoms with Gasteiger partial charge in [-0.25, -0.2) is 5.01 Å². The first kappa shape index (κ1) is 28.6. The minimum atomic E-state index is -0.743. The van der Waals surface area contributed by atoms with Gasteiger partial charge in [-0.1, -0.05) is 67.4 Å². The molecule has 8 heteroatoms. The van der Waals surface area contributed by atoms with Crippen LogP contribution in [0, 0.1) is 18.3 Å². The van der Waals surface area contributed by atoms with Crippen molar-refractivity contribution in [2.45, 2.75) is 64.3 Å². The Hall–Kier alpha value is -4.46. The quantitative estimate of drug-likeness (QED) is 0.305. The summed E-state index contributed by atoms with van der Waals surface area (Å²) in [7, 11) is 0. The molecule has 0 aromatic heterocycles. The number of nitrogens with zero attached hydrogens (tertiary/aromatic N) is 2. The number of carboxylic acid groups (broad SMARTS) is 1. The molecule has 0 radical (unpaired) electrons. The molecular weight excluding hydrogens is 542 g/mol. The summed E-state index contributed by atoms with van der Waals surface area (Å²) in [6.07, 6.45) is 6.08. The molecule has 2 fully saturated rings. The molecule has 0 spiro atoms. The maximum Gasteiger partial charge on any atom is 0.309 e. The predicted molar refractivity (Wildman–Crippen MR) is 163 cm³/mol. The molecule has 43 heavy (non-hydrogen) atoms. The average molecular weight is 580 g/mol. The maximum absolute atomic E-state index is 13.9. The fourth-order valence-corrected chi connectivity index (χ4v) is 6.38. The summed E-state index contributed by atoms with van der Waals surface area (Å²) in [4.78, 5) is 38.2. The van der Waals surface area contributed by atoms with Gasteiger partial charge in [0, 0.05) is 11.3 Å². The van der Waals surface area contributed by atoms with E-state index >= 15 is 0 Å². The highest BCUT2D eigenvalue weighted by Gasteiger charge is 2.50. The van der Waals surface area contributed by atoms with Crippen LogP contribution >= 0.6 is 0 Å². The van der Waals surface area contributed by atoms with Crippen molar-refractivity contribution in [2.75, 3.05) is 11.9 Å². The van der Waals surface area contributed by atoms with Gasteiger partial charge in [0.1, 0.15) is 0 Å². The predicted octanol–water partition coefficient (Wildman–Crippen LogP) is 6.04. The van der Waals surface area contributed by atoms with Gasteiger partial charge in [-0.05, 0) is 85.4 Å². The summed E-state index contributed by atoms with van der Waals surface area (Å²) < 4.78 is 5.57. The molecular formula is C35H37N3O5. The lowest BCUT2D eigenvalue weighted by Gasteiger charge is -2.25. The highest BCUT2D eigenvalue weighted by molar-refractivity contribution is 5.98. The molecule has 0 bridgehead atoms. The number of aliphatic carboxylic acids is 1. The Balaban J connectivity index is 1.19. The molecule has 0 saturated heterocycles. The van der Waals surface area contributed by atoms with Gasteiger partial charge in [0.2, 0.25) is 11.8 Å². The third kappa shape index (κ3) is 6.19. The summed E-state index contributed by atoms with van der Waals surface area (Å²) in [5, 5.41) is 18.8. The van der Waals surface area contributed by atoms with E-state index in [1.807, 2.05) is 79.7 Å². The van der Waals surface area contributed by atoms with Crippen molar-refractivity contribution in [3.8, 4) is 0 Å². The average Bonchev–Trinajstić information content (AvgIpc) is 3.61. The first-order valence-electron chi connectivity index (χ1n) is 15.1. The number of hydrogen-bond acceptors (Lipinski definition) is 5. The Kier molecular flexibility index (Phi) is 8.02. The van der Waals surface area contributed by atoms with E-state index in [0.29, 0.717) is 31.7 Å². The lowest BCUT2D eigenvalue weighted by Crippen LogP contribution is -2.36. The first-order chi connectivity index (χ1) is 20.8. The van der Waals surface area contributed by atoms with Crippen LogP contribution in [0.25, 0.3) is 0 Å². The van der Waals surface area contributed by atoms with E-state index in [1.54, 1.807) is 0 Å². The normalized spacial score (nSPS) is 18.5. The number of carbonyl (C=O) groups is 3. The smallest absolute Gasteiger partial charge is 0.309 e. The molecule has 0 unspecified atom stereocenters. The second-order valence-electron chi connectivity index (χ2n) is 12.1. The fourth-order valence-electron chi connectivity index (χ4n) is 6.38. The number of anilines is 1. The highest BCUT2D eigenvalue weighted by atomic mass is 16.5. The van der Waals surface area contributed by atoms with Gasteiger partial charge in [-0.2, -0.15) is 0 Å². The van der Waals surface area contributed by atoms with Crippen molar-refractivity contribution in [2.24, 2.45) is 16.4 Å². The molecule has 1 heterocycles. The molecule has 3 aromatic carbocycles. The van der Waals surface area contributed by atoms with Crippen LogP contribution in [-0.4, -0.2) is 40.4 Å². The van der Waals surface area contributed by atoms with Crippen LogP contribution in [0.4, 0.5) is 5.69 Å². The van der Waals surface area contributed by atoms with Gasteiger partial charge in [0.25, 0.3) is 5.91 Å². The molecule has 6 rings (SSSR count). The molecule has 222 valence electrons. The molecule has 2 amide bonds. The van der Waals surface area contributed by atoms with Crippen molar-refractivity contribution < 1.29 is 24.2 Å². The third-order valence-electron chi connectivity index (χ3n) is 9.22. The minimum absolute atomic E-state index is 0.0419. The van der Waals surface area contributed by atoms with Crippen LogP contribution in [0.5, 0.6) is 0 Å². The van der Waals surface area contributed by atoms with Gasteiger partial charge in [-0.3, -0.25) is 14.4 Å². The molecule has 3 aromatic rings. The number of rotatable bonds is 10. The maximum atomic E-state index is 13.9. The lowest BCUT2D eigenvalue weighted by molar-refractivity contribution is -0.143. The topological polar surface area (TPSA) is 108 Å². The minimum Gasteiger partial charge on any atom is -0.481 e. The number of carboxylic acids is 1. The van der Waals surface area contributed by atoms with Crippen LogP contribution < -0.4 is 5.32 Å². The lowest BCUT2D eigenvalue weighted by atomic mass is 9.83. The number of carbonyl (C=O) groups excluding carboxylic acids is 2. The van der Waals surface area contributed by atoms with Gasteiger partial charge >= 0.3 is 5.97 Å². The van der Waals surface area contributed by atoms with Crippen molar-refractivity contribution in [1.29, 1.82) is 0 Å². The SMILES string of the molecule is Cc1c(CC2(C(=O)O)CC2)cccc1NC(=O)[C@H](c1ccc(CN2N=C(c3ccccc3)OCC2=O)cc1)C1CCCC1. The molecule has 8 nitrogen and oxygen atoms in total. The van der Waals surface area contributed by atoms with E-state index in [1.165, 1.54) is 5.01 Å². The second kappa shape index (κ2) is 12.0. The third-order valence-corrected chi connectivity index (χ3v) is 9.22. The molecule has 2 aliphatic carbocycles. The van der Waals surface area contributed by atoms with Crippen molar-refractivity contribution >= 4 is 29.4 Å². The summed E-state index contributed by atoms with van der Waals surface area (Å²) in [5.74, 6) is -0.631. The van der Waals surface area contributed by atoms with Gasteiger partial charge in [0.15, 0.2) is 6.61 Å². The molecule has 3 aliphatic rings. The summed E-state index contributed by atoms with van der Waals surface area (Å²) in [6.45, 7) is 2.21. The highest BCUT2D eigenvalue weighted by Crippen LogP contribution is 2.49. The number of ether oxygens (including phenoxy) is 1. The number of hydrazone groups is 1.